The number of hydrogen-bond acceptors (Lipinski definition) is 5. The Morgan fingerprint density at radius 1 is 1.20 bits per heavy atom. The second kappa shape index (κ2) is 4.59. The molecule has 2 aromatic heterocycles. The summed E-state index contributed by atoms with van der Waals surface area (Å²) in [7, 11) is 0. The lowest BCUT2D eigenvalue weighted by molar-refractivity contribution is 0.448. The van der Waals surface area contributed by atoms with Gasteiger partial charge in [0, 0.05) is 6.54 Å². The average Bonchev–Trinajstić information content (AvgIpc) is 3.12. The molecule has 0 bridgehead atoms. The van der Waals surface area contributed by atoms with E-state index in [-0.39, 0.29) is 0 Å². The van der Waals surface area contributed by atoms with Crippen LogP contribution in [0.3, 0.4) is 0 Å². The van der Waals surface area contributed by atoms with Crippen LogP contribution >= 0.6 is 0 Å². The van der Waals surface area contributed by atoms with Crippen LogP contribution in [0, 0.1) is 5.92 Å². The molecule has 1 aliphatic rings. The molecule has 0 amide bonds. The molecule has 1 saturated carbocycles. The number of nitrogens with zero attached hydrogens (tertiary/aromatic N) is 3. The van der Waals surface area contributed by atoms with E-state index in [1.807, 2.05) is 0 Å². The van der Waals surface area contributed by atoms with Gasteiger partial charge in [0.05, 0.1) is 6.20 Å². The van der Waals surface area contributed by atoms with E-state index in [4.69, 9.17) is 4.52 Å². The minimum absolute atomic E-state index is 0.526. The highest BCUT2D eigenvalue weighted by Gasteiger charge is 2.37. The van der Waals surface area contributed by atoms with Gasteiger partial charge >= 0.3 is 0 Å². The van der Waals surface area contributed by atoms with E-state index in [9.17, 15) is 0 Å². The van der Waals surface area contributed by atoms with Gasteiger partial charge in [0.2, 0.25) is 0 Å². The summed E-state index contributed by atoms with van der Waals surface area (Å²) in [6.07, 6.45) is 4.38. The summed E-state index contributed by atoms with van der Waals surface area (Å²) < 4.78 is 5.03. The van der Waals surface area contributed by atoms with Gasteiger partial charge in [-0.05, 0) is 23.8 Å². The summed E-state index contributed by atoms with van der Waals surface area (Å²) in [5, 5.41) is 7.97. The monoisotopic (exact) mass is 266 g/mol. The molecule has 2 heterocycles. The molecule has 5 heteroatoms. The summed E-state index contributed by atoms with van der Waals surface area (Å²) in [6.45, 7) is 0.914. The fourth-order valence-corrected chi connectivity index (χ4v) is 2.65. The normalized spacial score (nSPS) is 21.0. The van der Waals surface area contributed by atoms with Gasteiger partial charge in [-0.2, -0.15) is 4.98 Å². The number of benzene rings is 1. The Kier molecular flexibility index (Phi) is 2.62. The standard InChI is InChI=1S/C15H14N4O/c1-2-4-10(5-3-1)12-6-11(12)7-16-14-13-8-19-20-15(13)18-9-17-14/h1-5,8-9,11-12H,6-7H2,(H,16,17,18)/t11-,12-/m0/s1. The van der Waals surface area contributed by atoms with Gasteiger partial charge in [-0.25, -0.2) is 4.98 Å². The largest absolute Gasteiger partial charge is 0.369 e. The maximum Gasteiger partial charge on any atom is 0.262 e. The van der Waals surface area contributed by atoms with Crippen LogP contribution < -0.4 is 5.32 Å². The van der Waals surface area contributed by atoms with Crippen LogP contribution in [0.1, 0.15) is 17.9 Å². The quantitative estimate of drug-likeness (QED) is 0.786. The number of hydrogen-bond donors (Lipinski definition) is 1. The first-order valence-electron chi connectivity index (χ1n) is 6.76. The lowest BCUT2D eigenvalue weighted by Crippen LogP contribution is -2.06. The zero-order chi connectivity index (χ0) is 13.4. The van der Waals surface area contributed by atoms with E-state index >= 15 is 0 Å². The first-order chi connectivity index (χ1) is 9.92. The SMILES string of the molecule is c1ccc([C@@H]2C[C@H]2CNc2ncnc3oncc23)cc1. The zero-order valence-corrected chi connectivity index (χ0v) is 10.9. The van der Waals surface area contributed by atoms with Crippen LogP contribution in [0.5, 0.6) is 0 Å². The average molecular weight is 266 g/mol. The third-order valence-electron chi connectivity index (χ3n) is 3.85. The molecule has 0 aliphatic heterocycles. The van der Waals surface area contributed by atoms with Crippen LogP contribution in [0.25, 0.3) is 11.1 Å². The number of rotatable bonds is 4. The highest BCUT2D eigenvalue weighted by Crippen LogP contribution is 2.47. The molecule has 100 valence electrons. The minimum Gasteiger partial charge on any atom is -0.369 e. The highest BCUT2D eigenvalue weighted by atomic mass is 16.5. The predicted octanol–water partition coefficient (Wildman–Crippen LogP) is 2.83. The van der Waals surface area contributed by atoms with Crippen LogP contribution in [-0.4, -0.2) is 21.7 Å². The first kappa shape index (κ1) is 11.4. The van der Waals surface area contributed by atoms with Crippen molar-refractivity contribution in [1.29, 1.82) is 0 Å². The van der Waals surface area contributed by atoms with Gasteiger partial charge in [-0.15, -0.1) is 0 Å². The molecule has 0 unspecified atom stereocenters. The van der Waals surface area contributed by atoms with Gasteiger partial charge in [0.15, 0.2) is 0 Å². The molecule has 4 rings (SSSR count). The van der Waals surface area contributed by atoms with Crippen LogP contribution in [0.4, 0.5) is 5.82 Å². The second-order valence-corrected chi connectivity index (χ2v) is 5.16. The molecule has 1 aliphatic carbocycles. The Morgan fingerprint density at radius 2 is 2.10 bits per heavy atom. The van der Waals surface area contributed by atoms with E-state index in [1.54, 1.807) is 6.20 Å². The summed E-state index contributed by atoms with van der Waals surface area (Å²) >= 11 is 0. The number of nitrogens with one attached hydrogen (secondary N) is 1. The minimum atomic E-state index is 0.526. The molecule has 5 nitrogen and oxygen atoms in total. The third-order valence-corrected chi connectivity index (χ3v) is 3.85. The Bertz CT molecular complexity index is 725. The summed E-state index contributed by atoms with van der Waals surface area (Å²) in [4.78, 5) is 8.28. The number of fused-ring (bicyclic) bond motifs is 1. The van der Waals surface area contributed by atoms with Crippen molar-refractivity contribution in [3.8, 4) is 0 Å². The maximum absolute atomic E-state index is 5.03. The zero-order valence-electron chi connectivity index (χ0n) is 10.9. The Hall–Kier alpha value is -2.43. The van der Waals surface area contributed by atoms with Crippen molar-refractivity contribution in [2.24, 2.45) is 5.92 Å². The molecule has 2 atom stereocenters. The molecule has 0 spiro atoms. The van der Waals surface area contributed by atoms with Crippen LogP contribution in [0.2, 0.25) is 0 Å². The van der Waals surface area contributed by atoms with E-state index in [0.29, 0.717) is 17.5 Å². The molecular weight excluding hydrogens is 252 g/mol. The topological polar surface area (TPSA) is 63.8 Å². The van der Waals surface area contributed by atoms with Gasteiger partial charge in [0.1, 0.15) is 17.5 Å². The van der Waals surface area contributed by atoms with E-state index in [0.717, 1.165) is 17.7 Å². The van der Waals surface area contributed by atoms with Gasteiger partial charge in [0.25, 0.3) is 5.71 Å². The van der Waals surface area contributed by atoms with Crippen molar-refractivity contribution in [3.63, 3.8) is 0 Å². The van der Waals surface area contributed by atoms with Gasteiger partial charge in [-0.3, -0.25) is 0 Å². The second-order valence-electron chi connectivity index (χ2n) is 5.16. The summed E-state index contributed by atoms with van der Waals surface area (Å²) in [5.74, 6) is 2.14. The van der Waals surface area contributed by atoms with Crippen molar-refractivity contribution in [2.45, 2.75) is 12.3 Å². The van der Waals surface area contributed by atoms with Crippen molar-refractivity contribution >= 4 is 16.9 Å². The fourth-order valence-electron chi connectivity index (χ4n) is 2.65. The van der Waals surface area contributed by atoms with E-state index in [1.165, 1.54) is 18.3 Å². The lowest BCUT2D eigenvalue weighted by Gasteiger charge is -2.05. The molecule has 0 radical (unpaired) electrons. The Balaban J connectivity index is 1.44. The number of anilines is 1. The predicted molar refractivity (Wildman–Crippen MR) is 75.4 cm³/mol. The van der Waals surface area contributed by atoms with E-state index in [2.05, 4.69) is 50.8 Å². The number of aromatic nitrogens is 3. The van der Waals surface area contributed by atoms with E-state index < -0.39 is 0 Å². The Morgan fingerprint density at radius 3 is 3.00 bits per heavy atom. The Labute approximate surface area is 116 Å². The van der Waals surface area contributed by atoms with Crippen LogP contribution in [-0.2, 0) is 0 Å². The van der Waals surface area contributed by atoms with Crippen molar-refractivity contribution < 1.29 is 4.52 Å². The molecule has 1 N–H and O–H groups in total. The van der Waals surface area contributed by atoms with Crippen molar-refractivity contribution in [1.82, 2.24) is 15.1 Å². The lowest BCUT2D eigenvalue weighted by atomic mass is 10.1. The van der Waals surface area contributed by atoms with Gasteiger partial charge < -0.3 is 9.84 Å². The highest BCUT2D eigenvalue weighted by molar-refractivity contribution is 5.84. The summed E-state index contributed by atoms with van der Waals surface area (Å²) in [6, 6.07) is 10.7. The molecular formula is C15H14N4O. The molecule has 1 fully saturated rings. The summed E-state index contributed by atoms with van der Waals surface area (Å²) in [5.41, 5.74) is 1.95. The van der Waals surface area contributed by atoms with Crippen molar-refractivity contribution in [3.05, 3.63) is 48.4 Å². The molecule has 20 heavy (non-hydrogen) atoms. The fraction of sp³-hybridized carbons (Fsp3) is 0.267. The maximum atomic E-state index is 5.03. The third kappa shape index (κ3) is 2.01. The first-order valence-corrected chi connectivity index (χ1v) is 6.76. The smallest absolute Gasteiger partial charge is 0.262 e. The molecule has 0 saturated heterocycles. The van der Waals surface area contributed by atoms with Crippen LogP contribution in [0.15, 0.2) is 47.4 Å². The molecule has 3 aromatic rings. The van der Waals surface area contributed by atoms with Gasteiger partial charge in [-0.1, -0.05) is 35.5 Å². The van der Waals surface area contributed by atoms with Crippen molar-refractivity contribution in [2.75, 3.05) is 11.9 Å². The molecule has 1 aromatic carbocycles.